The first-order valence-electron chi connectivity index (χ1n) is 7.97. The maximum atomic E-state index is 12.2. The van der Waals surface area contributed by atoms with E-state index >= 15 is 0 Å². The highest BCUT2D eigenvalue weighted by Gasteiger charge is 2.16. The molecule has 0 aliphatic rings. The number of hydrogen-bond acceptors (Lipinski definition) is 5. The topological polar surface area (TPSA) is 84.9 Å². The molecule has 132 valence electrons. The molecule has 1 amide bonds. The first-order chi connectivity index (χ1) is 12.1. The zero-order valence-electron chi connectivity index (χ0n) is 14.2. The van der Waals surface area contributed by atoms with Crippen LogP contribution in [0.4, 0.5) is 5.69 Å². The van der Waals surface area contributed by atoms with E-state index in [1.807, 2.05) is 31.2 Å². The van der Waals surface area contributed by atoms with Crippen LogP contribution in [0.25, 0.3) is 0 Å². The predicted octanol–water partition coefficient (Wildman–Crippen LogP) is 3.15. The van der Waals surface area contributed by atoms with Crippen molar-refractivity contribution in [2.45, 2.75) is 19.8 Å². The average molecular weight is 343 g/mol. The summed E-state index contributed by atoms with van der Waals surface area (Å²) in [6, 6.07) is 12.1. The number of carbonyl (C=O) groups is 2. The summed E-state index contributed by atoms with van der Waals surface area (Å²) in [5, 5.41) is 12.7. The van der Waals surface area contributed by atoms with Gasteiger partial charge in [-0.1, -0.05) is 24.3 Å². The highest BCUT2D eigenvalue weighted by Crippen LogP contribution is 2.28. The van der Waals surface area contributed by atoms with Crippen LogP contribution in [0.2, 0.25) is 0 Å². The van der Waals surface area contributed by atoms with Gasteiger partial charge in [0.15, 0.2) is 5.75 Å². The quantitative estimate of drug-likeness (QED) is 0.596. The van der Waals surface area contributed by atoms with Gasteiger partial charge in [-0.25, -0.2) is 4.79 Å². The lowest BCUT2D eigenvalue weighted by Gasteiger charge is -2.11. The zero-order chi connectivity index (χ0) is 18.2. The van der Waals surface area contributed by atoms with E-state index in [1.54, 1.807) is 6.07 Å². The molecule has 2 aromatic carbocycles. The van der Waals surface area contributed by atoms with Crippen LogP contribution in [0.1, 0.15) is 29.3 Å². The number of rotatable bonds is 7. The molecule has 0 heterocycles. The van der Waals surface area contributed by atoms with E-state index in [9.17, 15) is 14.7 Å². The molecule has 2 aromatic rings. The van der Waals surface area contributed by atoms with Crippen molar-refractivity contribution in [3.05, 3.63) is 53.6 Å². The summed E-state index contributed by atoms with van der Waals surface area (Å²) in [5.41, 5.74) is 1.11. The molecule has 2 N–H and O–H groups in total. The third kappa shape index (κ3) is 4.73. The fourth-order valence-electron chi connectivity index (χ4n) is 2.39. The van der Waals surface area contributed by atoms with Crippen molar-refractivity contribution >= 4 is 17.6 Å². The number of benzene rings is 2. The lowest BCUT2D eigenvalue weighted by atomic mass is 10.1. The number of aromatic hydroxyl groups is 1. The Bertz CT molecular complexity index is 757. The fraction of sp³-hybridized carbons (Fsp3) is 0.263. The van der Waals surface area contributed by atoms with Crippen LogP contribution in [0, 0.1) is 0 Å². The van der Waals surface area contributed by atoms with Crippen LogP contribution in [0.15, 0.2) is 42.5 Å². The van der Waals surface area contributed by atoms with Gasteiger partial charge < -0.3 is 19.9 Å². The number of phenols is 1. The molecule has 0 atom stereocenters. The van der Waals surface area contributed by atoms with E-state index in [0.29, 0.717) is 13.0 Å². The van der Waals surface area contributed by atoms with Crippen LogP contribution in [-0.4, -0.2) is 30.7 Å². The second-order valence-corrected chi connectivity index (χ2v) is 5.28. The number of phenolic OH excluding ortho intramolecular Hbond substituents is 1. The molecule has 0 aromatic heterocycles. The zero-order valence-corrected chi connectivity index (χ0v) is 14.2. The smallest absolute Gasteiger partial charge is 0.341 e. The number of para-hydroxylation sites is 2. The van der Waals surface area contributed by atoms with Crippen LogP contribution in [0.5, 0.6) is 11.5 Å². The normalized spacial score (nSPS) is 10.2. The predicted molar refractivity (Wildman–Crippen MR) is 94.0 cm³/mol. The van der Waals surface area contributed by atoms with E-state index in [2.05, 4.69) is 10.1 Å². The Hall–Kier alpha value is -3.02. The van der Waals surface area contributed by atoms with Crippen LogP contribution in [-0.2, 0) is 16.0 Å². The molecule has 2 rings (SSSR count). The molecule has 0 unspecified atom stereocenters. The van der Waals surface area contributed by atoms with Gasteiger partial charge in [0.05, 0.1) is 19.4 Å². The number of aryl methyl sites for hydroxylation is 1. The summed E-state index contributed by atoms with van der Waals surface area (Å²) in [5.74, 6) is -0.492. The molecule has 0 aliphatic carbocycles. The molecule has 0 fully saturated rings. The number of anilines is 1. The van der Waals surface area contributed by atoms with Crippen LogP contribution < -0.4 is 10.1 Å². The minimum Gasteiger partial charge on any atom is -0.505 e. The number of amides is 1. The standard InChI is InChI=1S/C19H21NO5/c1-3-25-16-10-5-4-7-13(16)11-12-17(21)20-15-9-6-8-14(18(15)22)19(23)24-2/h4-10,22H,3,11-12H2,1-2H3,(H,20,21). The van der Waals surface area contributed by atoms with E-state index in [1.165, 1.54) is 19.2 Å². The van der Waals surface area contributed by atoms with Crippen LogP contribution in [0.3, 0.4) is 0 Å². The molecule has 0 radical (unpaired) electrons. The molecule has 0 bridgehead atoms. The second kappa shape index (κ2) is 8.73. The molecule has 25 heavy (non-hydrogen) atoms. The second-order valence-electron chi connectivity index (χ2n) is 5.28. The van der Waals surface area contributed by atoms with E-state index in [-0.39, 0.29) is 29.3 Å². The third-order valence-corrected chi connectivity index (χ3v) is 3.61. The van der Waals surface area contributed by atoms with Gasteiger partial charge in [-0.3, -0.25) is 4.79 Å². The van der Waals surface area contributed by atoms with Crippen molar-refractivity contribution in [2.24, 2.45) is 0 Å². The van der Waals surface area contributed by atoms with Gasteiger partial charge in [-0.15, -0.1) is 0 Å². The fourth-order valence-corrected chi connectivity index (χ4v) is 2.39. The van der Waals surface area contributed by atoms with Gasteiger partial charge in [0.25, 0.3) is 0 Å². The highest BCUT2D eigenvalue weighted by molar-refractivity contribution is 5.98. The first kappa shape index (κ1) is 18.3. The molecule has 6 heteroatoms. The van der Waals surface area contributed by atoms with Crippen molar-refractivity contribution in [1.82, 2.24) is 0 Å². The van der Waals surface area contributed by atoms with Gasteiger partial charge in [-0.05, 0) is 37.1 Å². The Morgan fingerprint density at radius 2 is 1.88 bits per heavy atom. The largest absolute Gasteiger partial charge is 0.505 e. The van der Waals surface area contributed by atoms with Crippen molar-refractivity contribution < 1.29 is 24.2 Å². The summed E-state index contributed by atoms with van der Waals surface area (Å²) in [6.07, 6.45) is 0.714. The van der Waals surface area contributed by atoms with E-state index < -0.39 is 5.97 Å². The van der Waals surface area contributed by atoms with Gasteiger partial charge in [0, 0.05) is 6.42 Å². The summed E-state index contributed by atoms with van der Waals surface area (Å²) >= 11 is 0. The number of carbonyl (C=O) groups excluding carboxylic acids is 2. The molecular formula is C19H21NO5. The number of methoxy groups -OCH3 is 1. The number of esters is 1. The SMILES string of the molecule is CCOc1ccccc1CCC(=O)Nc1cccc(C(=O)OC)c1O. The first-order valence-corrected chi connectivity index (χ1v) is 7.97. The van der Waals surface area contributed by atoms with Gasteiger partial charge >= 0.3 is 5.97 Å². The molecule has 0 saturated heterocycles. The Kier molecular flexibility index (Phi) is 6.39. The Morgan fingerprint density at radius 3 is 2.60 bits per heavy atom. The maximum Gasteiger partial charge on any atom is 0.341 e. The lowest BCUT2D eigenvalue weighted by molar-refractivity contribution is -0.116. The van der Waals surface area contributed by atoms with Crippen molar-refractivity contribution in [3.63, 3.8) is 0 Å². The summed E-state index contributed by atoms with van der Waals surface area (Å²) < 4.78 is 10.1. The van der Waals surface area contributed by atoms with Gasteiger partial charge in [0.2, 0.25) is 5.91 Å². The number of nitrogens with one attached hydrogen (secondary N) is 1. The molecule has 0 saturated carbocycles. The highest BCUT2D eigenvalue weighted by atomic mass is 16.5. The molecule has 6 nitrogen and oxygen atoms in total. The molecule has 0 aliphatic heterocycles. The third-order valence-electron chi connectivity index (χ3n) is 3.61. The maximum absolute atomic E-state index is 12.2. The Labute approximate surface area is 146 Å². The molecule has 0 spiro atoms. The van der Waals surface area contributed by atoms with Crippen LogP contribution >= 0.6 is 0 Å². The summed E-state index contributed by atoms with van der Waals surface area (Å²) in [7, 11) is 1.23. The van der Waals surface area contributed by atoms with E-state index in [0.717, 1.165) is 11.3 Å². The van der Waals surface area contributed by atoms with Crippen molar-refractivity contribution in [1.29, 1.82) is 0 Å². The summed E-state index contributed by atoms with van der Waals surface area (Å²) in [4.78, 5) is 23.8. The summed E-state index contributed by atoms with van der Waals surface area (Å²) in [6.45, 7) is 2.46. The number of hydrogen-bond donors (Lipinski definition) is 2. The monoisotopic (exact) mass is 343 g/mol. The van der Waals surface area contributed by atoms with E-state index in [4.69, 9.17) is 4.74 Å². The van der Waals surface area contributed by atoms with Crippen molar-refractivity contribution in [3.8, 4) is 11.5 Å². The minimum absolute atomic E-state index is 0.00184. The van der Waals surface area contributed by atoms with Gasteiger partial charge in [0.1, 0.15) is 11.3 Å². The lowest BCUT2D eigenvalue weighted by Crippen LogP contribution is -2.13. The minimum atomic E-state index is -0.667. The number of ether oxygens (including phenoxy) is 2. The van der Waals surface area contributed by atoms with Crippen molar-refractivity contribution in [2.75, 3.05) is 19.0 Å². The average Bonchev–Trinajstić information content (AvgIpc) is 2.62. The van der Waals surface area contributed by atoms with Gasteiger partial charge in [-0.2, -0.15) is 0 Å². The Morgan fingerprint density at radius 1 is 1.12 bits per heavy atom. The Balaban J connectivity index is 2.03. The molecular weight excluding hydrogens is 322 g/mol.